The van der Waals surface area contributed by atoms with Gasteiger partial charge in [0.2, 0.25) is 0 Å². The van der Waals surface area contributed by atoms with Crippen molar-refractivity contribution in [2.45, 2.75) is 0 Å². The van der Waals surface area contributed by atoms with Crippen molar-refractivity contribution in [3.8, 4) is 0 Å². The smallest absolute Gasteiger partial charge is 0.338 e. The third-order valence-corrected chi connectivity index (χ3v) is 3.01. The molecule has 0 atom stereocenters. The van der Waals surface area contributed by atoms with E-state index in [4.69, 9.17) is 5.11 Å². The summed E-state index contributed by atoms with van der Waals surface area (Å²) < 4.78 is 1.42. The molecule has 0 spiro atoms. The van der Waals surface area contributed by atoms with Crippen LogP contribution in [0.1, 0.15) is 20.8 Å². The Kier molecular flexibility index (Phi) is 2.92. The number of carboxylic acids is 1. The minimum absolute atomic E-state index is 0.0884. The number of rotatable bonds is 3. The zero-order valence-electron chi connectivity index (χ0n) is 8.88. The van der Waals surface area contributed by atoms with Crippen molar-refractivity contribution >= 4 is 28.2 Å². The molecular formula is C10H9N3O3S. The first kappa shape index (κ1) is 11.3. The van der Waals surface area contributed by atoms with Crippen molar-refractivity contribution in [1.82, 2.24) is 9.78 Å². The Labute approximate surface area is 100 Å². The summed E-state index contributed by atoms with van der Waals surface area (Å²) in [5.41, 5.74) is 0.459. The molecule has 0 unspecified atom stereocenters. The quantitative estimate of drug-likeness (QED) is 0.864. The normalized spacial score (nSPS) is 10.2. The SMILES string of the molecule is Cn1nccc1C(=O)Nc1sccc1C(=O)O. The number of carbonyl (C=O) groups is 2. The molecule has 2 aromatic rings. The Morgan fingerprint density at radius 2 is 2.24 bits per heavy atom. The van der Waals surface area contributed by atoms with E-state index in [-0.39, 0.29) is 11.5 Å². The fourth-order valence-corrected chi connectivity index (χ4v) is 2.11. The van der Waals surface area contributed by atoms with Gasteiger partial charge < -0.3 is 10.4 Å². The lowest BCUT2D eigenvalue weighted by Crippen LogP contribution is -2.16. The Morgan fingerprint density at radius 3 is 2.82 bits per heavy atom. The minimum atomic E-state index is -1.06. The standard InChI is InChI=1S/C10H9N3O3S/c1-13-7(2-4-11-13)8(14)12-9-6(10(15)16)3-5-17-9/h2-5H,1H3,(H,12,14)(H,15,16). The largest absolute Gasteiger partial charge is 0.478 e. The number of nitrogens with zero attached hydrogens (tertiary/aromatic N) is 2. The highest BCUT2D eigenvalue weighted by molar-refractivity contribution is 7.14. The monoisotopic (exact) mass is 251 g/mol. The van der Waals surface area contributed by atoms with Gasteiger partial charge in [0, 0.05) is 13.2 Å². The summed E-state index contributed by atoms with van der Waals surface area (Å²) in [6, 6.07) is 3.01. The molecule has 17 heavy (non-hydrogen) atoms. The topological polar surface area (TPSA) is 84.2 Å². The van der Waals surface area contributed by atoms with E-state index in [1.54, 1.807) is 18.5 Å². The number of carbonyl (C=O) groups excluding carboxylic acids is 1. The number of aryl methyl sites for hydroxylation is 1. The molecule has 1 amide bonds. The number of thiophene rings is 1. The number of anilines is 1. The van der Waals surface area contributed by atoms with Crippen LogP contribution >= 0.6 is 11.3 Å². The molecule has 2 rings (SSSR count). The van der Waals surface area contributed by atoms with Crippen LogP contribution in [0.5, 0.6) is 0 Å². The molecule has 0 saturated carbocycles. The van der Waals surface area contributed by atoms with Gasteiger partial charge >= 0.3 is 5.97 Å². The molecule has 7 heteroatoms. The summed E-state index contributed by atoms with van der Waals surface area (Å²) >= 11 is 1.17. The summed E-state index contributed by atoms with van der Waals surface area (Å²) in [5, 5.41) is 17.2. The van der Waals surface area contributed by atoms with Crippen LogP contribution in [-0.4, -0.2) is 26.8 Å². The maximum absolute atomic E-state index is 11.8. The highest BCUT2D eigenvalue weighted by atomic mass is 32.1. The average Bonchev–Trinajstić information content (AvgIpc) is 2.86. The maximum Gasteiger partial charge on any atom is 0.338 e. The zero-order valence-corrected chi connectivity index (χ0v) is 9.69. The summed E-state index contributed by atoms with van der Waals surface area (Å²) in [5.74, 6) is -1.44. The molecule has 0 aliphatic rings. The van der Waals surface area contributed by atoms with Crippen LogP contribution in [0.15, 0.2) is 23.7 Å². The number of carboxylic acid groups (broad SMARTS) is 1. The highest BCUT2D eigenvalue weighted by Crippen LogP contribution is 2.23. The van der Waals surface area contributed by atoms with E-state index in [2.05, 4.69) is 10.4 Å². The summed E-state index contributed by atoms with van der Waals surface area (Å²) in [7, 11) is 1.64. The molecule has 0 saturated heterocycles. The van der Waals surface area contributed by atoms with Crippen molar-refractivity contribution < 1.29 is 14.7 Å². The first-order chi connectivity index (χ1) is 8.09. The molecule has 0 radical (unpaired) electrons. The summed E-state index contributed by atoms with van der Waals surface area (Å²) in [6.45, 7) is 0. The molecular weight excluding hydrogens is 242 g/mol. The summed E-state index contributed by atoms with van der Waals surface area (Å²) in [6.07, 6.45) is 1.50. The van der Waals surface area contributed by atoms with E-state index < -0.39 is 5.97 Å². The Bertz CT molecular complexity index is 573. The van der Waals surface area contributed by atoms with Crippen LogP contribution in [0.3, 0.4) is 0 Å². The number of hydrogen-bond donors (Lipinski definition) is 2. The van der Waals surface area contributed by atoms with Crippen LogP contribution in [0.25, 0.3) is 0 Å². The molecule has 0 aliphatic carbocycles. The van der Waals surface area contributed by atoms with Gasteiger partial charge in [0.05, 0.1) is 5.56 Å². The lowest BCUT2D eigenvalue weighted by molar-refractivity contribution is 0.0698. The number of nitrogens with one attached hydrogen (secondary N) is 1. The van der Waals surface area contributed by atoms with Gasteiger partial charge in [0.1, 0.15) is 10.7 Å². The van der Waals surface area contributed by atoms with Gasteiger partial charge in [-0.05, 0) is 17.5 Å². The van der Waals surface area contributed by atoms with Gasteiger partial charge in [-0.15, -0.1) is 11.3 Å². The first-order valence-electron chi connectivity index (χ1n) is 4.69. The van der Waals surface area contributed by atoms with E-state index in [0.29, 0.717) is 10.7 Å². The predicted octanol–water partition coefficient (Wildman–Crippen LogP) is 1.43. The molecule has 88 valence electrons. The van der Waals surface area contributed by atoms with Crippen molar-refractivity contribution in [1.29, 1.82) is 0 Å². The number of hydrogen-bond acceptors (Lipinski definition) is 4. The lowest BCUT2D eigenvalue weighted by atomic mass is 10.3. The second-order valence-electron chi connectivity index (χ2n) is 3.26. The molecule has 0 fully saturated rings. The van der Waals surface area contributed by atoms with Gasteiger partial charge in [-0.2, -0.15) is 5.10 Å². The van der Waals surface area contributed by atoms with Crippen LogP contribution in [-0.2, 0) is 7.05 Å². The molecule has 0 aliphatic heterocycles. The summed E-state index contributed by atoms with van der Waals surface area (Å²) in [4.78, 5) is 22.7. The third-order valence-electron chi connectivity index (χ3n) is 2.18. The van der Waals surface area contributed by atoms with Crippen molar-refractivity contribution in [3.63, 3.8) is 0 Å². The van der Waals surface area contributed by atoms with E-state index in [1.165, 1.54) is 28.3 Å². The molecule has 0 aromatic carbocycles. The van der Waals surface area contributed by atoms with Crippen LogP contribution in [0.2, 0.25) is 0 Å². The molecule has 2 N–H and O–H groups in total. The number of aromatic nitrogens is 2. The van der Waals surface area contributed by atoms with Crippen LogP contribution < -0.4 is 5.32 Å². The Balaban J connectivity index is 2.22. The van der Waals surface area contributed by atoms with Crippen LogP contribution in [0, 0.1) is 0 Å². The van der Waals surface area contributed by atoms with Gasteiger partial charge in [0.25, 0.3) is 5.91 Å². The molecule has 6 nitrogen and oxygen atoms in total. The number of aromatic carboxylic acids is 1. The maximum atomic E-state index is 11.8. The Hall–Kier alpha value is -2.15. The van der Waals surface area contributed by atoms with Gasteiger partial charge in [-0.3, -0.25) is 9.48 Å². The fraction of sp³-hybridized carbons (Fsp3) is 0.100. The minimum Gasteiger partial charge on any atom is -0.478 e. The first-order valence-corrected chi connectivity index (χ1v) is 5.57. The van der Waals surface area contributed by atoms with Crippen molar-refractivity contribution in [2.75, 3.05) is 5.32 Å². The van der Waals surface area contributed by atoms with Gasteiger partial charge in [-0.25, -0.2) is 4.79 Å². The second-order valence-corrected chi connectivity index (χ2v) is 4.18. The Morgan fingerprint density at radius 1 is 1.47 bits per heavy atom. The van der Waals surface area contributed by atoms with Crippen LogP contribution in [0.4, 0.5) is 5.00 Å². The zero-order chi connectivity index (χ0) is 12.4. The highest BCUT2D eigenvalue weighted by Gasteiger charge is 2.16. The molecule has 0 bridgehead atoms. The lowest BCUT2D eigenvalue weighted by Gasteiger charge is -2.04. The van der Waals surface area contributed by atoms with Crippen molar-refractivity contribution in [3.05, 3.63) is 35.0 Å². The van der Waals surface area contributed by atoms with Gasteiger partial charge in [-0.1, -0.05) is 0 Å². The second kappa shape index (κ2) is 4.38. The predicted molar refractivity (Wildman–Crippen MR) is 62.4 cm³/mol. The van der Waals surface area contributed by atoms with E-state index in [9.17, 15) is 9.59 Å². The van der Waals surface area contributed by atoms with E-state index in [0.717, 1.165) is 0 Å². The third kappa shape index (κ3) is 2.18. The van der Waals surface area contributed by atoms with Gasteiger partial charge in [0.15, 0.2) is 0 Å². The average molecular weight is 251 g/mol. The molecule has 2 heterocycles. The van der Waals surface area contributed by atoms with E-state index in [1.807, 2.05) is 0 Å². The van der Waals surface area contributed by atoms with Crippen molar-refractivity contribution in [2.24, 2.45) is 7.05 Å². The fourth-order valence-electron chi connectivity index (χ4n) is 1.34. The molecule has 2 aromatic heterocycles. The van der Waals surface area contributed by atoms with E-state index >= 15 is 0 Å². The number of amides is 1.